The molecule has 0 aliphatic carbocycles. The fourth-order valence-electron chi connectivity index (χ4n) is 2.04. The van der Waals surface area contributed by atoms with Crippen LogP contribution in [0.15, 0.2) is 17.0 Å². The fraction of sp³-hybridized carbons (Fsp3) is 0.500. The monoisotopic (exact) mass is 306 g/mol. The lowest BCUT2D eigenvalue weighted by Gasteiger charge is -2.26. The van der Waals surface area contributed by atoms with Crippen LogP contribution in [0.4, 0.5) is 8.78 Å². The molecule has 0 radical (unpaired) electrons. The quantitative estimate of drug-likeness (QED) is 0.890. The molecule has 1 N–H and O–H groups in total. The van der Waals surface area contributed by atoms with Crippen molar-refractivity contribution in [1.82, 2.24) is 9.62 Å². The summed E-state index contributed by atoms with van der Waals surface area (Å²) in [5.41, 5.74) is -0.276. The van der Waals surface area contributed by atoms with Crippen molar-refractivity contribution in [3.63, 3.8) is 0 Å². The van der Waals surface area contributed by atoms with Gasteiger partial charge in [0.1, 0.15) is 10.7 Å². The van der Waals surface area contributed by atoms with E-state index in [2.05, 4.69) is 5.32 Å². The molecule has 1 heterocycles. The van der Waals surface area contributed by atoms with Crippen molar-refractivity contribution < 1.29 is 21.9 Å². The number of nitrogens with one attached hydrogen (secondary N) is 1. The molecule has 1 aliphatic rings. The van der Waals surface area contributed by atoms with Crippen molar-refractivity contribution >= 4 is 10.0 Å². The Morgan fingerprint density at radius 3 is 2.55 bits per heavy atom. The molecule has 112 valence electrons. The number of hydrogen-bond donors (Lipinski definition) is 1. The first-order chi connectivity index (χ1) is 9.48. The molecule has 5 nitrogen and oxygen atoms in total. The van der Waals surface area contributed by atoms with Gasteiger partial charge >= 0.3 is 0 Å². The van der Waals surface area contributed by atoms with Crippen LogP contribution < -0.4 is 5.32 Å². The molecule has 8 heteroatoms. The highest BCUT2D eigenvalue weighted by molar-refractivity contribution is 7.89. The zero-order valence-corrected chi connectivity index (χ0v) is 11.8. The molecule has 0 spiro atoms. The number of halogens is 2. The van der Waals surface area contributed by atoms with Crippen molar-refractivity contribution in [3.8, 4) is 0 Å². The van der Waals surface area contributed by atoms with Crippen molar-refractivity contribution in [2.24, 2.45) is 0 Å². The number of rotatable bonds is 4. The van der Waals surface area contributed by atoms with E-state index in [1.807, 2.05) is 0 Å². The highest BCUT2D eigenvalue weighted by Gasteiger charge is 2.30. The van der Waals surface area contributed by atoms with E-state index in [1.165, 1.54) is 7.05 Å². The normalized spacial score (nSPS) is 17.4. The summed E-state index contributed by atoms with van der Waals surface area (Å²) in [7, 11) is -2.44. The van der Waals surface area contributed by atoms with Gasteiger partial charge in [0.25, 0.3) is 0 Å². The third-order valence-corrected chi connectivity index (χ3v) is 5.01. The lowest BCUT2D eigenvalue weighted by Crippen LogP contribution is -2.41. The Bertz CT molecular complexity index is 587. The second kappa shape index (κ2) is 6.13. The third kappa shape index (κ3) is 2.83. The molecular formula is C12H16F2N2O3S. The summed E-state index contributed by atoms with van der Waals surface area (Å²) < 4.78 is 58.7. The Labute approximate surface area is 116 Å². The summed E-state index contributed by atoms with van der Waals surface area (Å²) >= 11 is 0. The zero-order chi connectivity index (χ0) is 14.8. The molecule has 20 heavy (non-hydrogen) atoms. The molecule has 0 aromatic heterocycles. The van der Waals surface area contributed by atoms with E-state index in [-0.39, 0.29) is 38.4 Å². The fourth-order valence-corrected chi connectivity index (χ4v) is 3.54. The van der Waals surface area contributed by atoms with Gasteiger partial charge in [0.15, 0.2) is 5.82 Å². The maximum absolute atomic E-state index is 14.3. The Morgan fingerprint density at radius 2 is 1.95 bits per heavy atom. The smallest absolute Gasteiger partial charge is 0.246 e. The van der Waals surface area contributed by atoms with Crippen LogP contribution >= 0.6 is 0 Å². The van der Waals surface area contributed by atoms with Crippen LogP contribution in [-0.4, -0.2) is 46.1 Å². The maximum Gasteiger partial charge on any atom is 0.246 e. The lowest BCUT2D eigenvalue weighted by molar-refractivity contribution is 0.0729. The first-order valence-corrected chi connectivity index (χ1v) is 7.62. The molecular weight excluding hydrogens is 290 g/mol. The standard InChI is InChI=1S/C12H16F2N2O3S/c1-15-8-9-10(13)2-3-11(12(9)14)20(17,18)16-4-6-19-7-5-16/h2-3,15H,4-8H2,1H3. The molecule has 0 amide bonds. The first-order valence-electron chi connectivity index (χ1n) is 6.18. The van der Waals surface area contributed by atoms with Gasteiger partial charge in [-0.15, -0.1) is 0 Å². The second-order valence-corrected chi connectivity index (χ2v) is 6.29. The Morgan fingerprint density at radius 1 is 1.30 bits per heavy atom. The van der Waals surface area contributed by atoms with Gasteiger partial charge < -0.3 is 10.1 Å². The van der Waals surface area contributed by atoms with Gasteiger partial charge in [-0.3, -0.25) is 0 Å². The van der Waals surface area contributed by atoms with Crippen LogP contribution in [0, 0.1) is 11.6 Å². The van der Waals surface area contributed by atoms with Gasteiger partial charge in [-0.1, -0.05) is 0 Å². The summed E-state index contributed by atoms with van der Waals surface area (Å²) in [5, 5.41) is 2.62. The van der Waals surface area contributed by atoms with Gasteiger partial charge in [-0.25, -0.2) is 17.2 Å². The van der Waals surface area contributed by atoms with E-state index in [9.17, 15) is 17.2 Å². The average Bonchev–Trinajstić information content (AvgIpc) is 2.44. The summed E-state index contributed by atoms with van der Waals surface area (Å²) in [6.07, 6.45) is 0. The topological polar surface area (TPSA) is 58.6 Å². The molecule has 1 fully saturated rings. The molecule has 0 saturated carbocycles. The van der Waals surface area contributed by atoms with Gasteiger partial charge in [-0.05, 0) is 19.2 Å². The van der Waals surface area contributed by atoms with Crippen LogP contribution in [0.2, 0.25) is 0 Å². The molecule has 0 unspecified atom stereocenters. The summed E-state index contributed by atoms with van der Waals surface area (Å²) in [6.45, 7) is 0.794. The van der Waals surface area contributed by atoms with Gasteiger partial charge in [0.05, 0.1) is 13.2 Å². The highest BCUT2D eigenvalue weighted by Crippen LogP contribution is 2.24. The van der Waals surface area contributed by atoms with E-state index in [4.69, 9.17) is 4.74 Å². The minimum absolute atomic E-state index is 0.0792. The lowest BCUT2D eigenvalue weighted by atomic mass is 10.2. The Balaban J connectivity index is 2.43. The second-order valence-electron chi connectivity index (χ2n) is 4.38. The third-order valence-electron chi connectivity index (χ3n) is 3.09. The molecule has 1 aromatic carbocycles. The number of sulfonamides is 1. The van der Waals surface area contributed by atoms with E-state index in [0.29, 0.717) is 0 Å². The van der Waals surface area contributed by atoms with Crippen LogP contribution in [-0.2, 0) is 21.3 Å². The Hall–Kier alpha value is -1.09. The van der Waals surface area contributed by atoms with E-state index in [0.717, 1.165) is 16.4 Å². The summed E-state index contributed by atoms with van der Waals surface area (Å²) in [4.78, 5) is -0.494. The number of ether oxygens (including phenoxy) is 1. The van der Waals surface area contributed by atoms with Crippen LogP contribution in [0.3, 0.4) is 0 Å². The molecule has 1 aromatic rings. The molecule has 0 atom stereocenters. The van der Waals surface area contributed by atoms with Crippen molar-refractivity contribution in [3.05, 3.63) is 29.3 Å². The van der Waals surface area contributed by atoms with E-state index < -0.39 is 26.6 Å². The number of benzene rings is 1. The molecule has 0 bridgehead atoms. The van der Waals surface area contributed by atoms with Gasteiger partial charge in [0.2, 0.25) is 10.0 Å². The van der Waals surface area contributed by atoms with E-state index in [1.54, 1.807) is 0 Å². The molecule has 2 rings (SSSR count). The Kier molecular flexibility index (Phi) is 4.69. The summed E-state index contributed by atoms with van der Waals surface area (Å²) in [5.74, 6) is -1.80. The number of morpholine rings is 1. The van der Waals surface area contributed by atoms with Crippen LogP contribution in [0.25, 0.3) is 0 Å². The molecule has 1 saturated heterocycles. The largest absolute Gasteiger partial charge is 0.379 e. The highest BCUT2D eigenvalue weighted by atomic mass is 32.2. The number of nitrogens with zero attached hydrogens (tertiary/aromatic N) is 1. The zero-order valence-electron chi connectivity index (χ0n) is 11.0. The first kappa shape index (κ1) is 15.3. The summed E-state index contributed by atoms with van der Waals surface area (Å²) in [6, 6.07) is 1.94. The van der Waals surface area contributed by atoms with Crippen LogP contribution in [0.1, 0.15) is 5.56 Å². The average molecular weight is 306 g/mol. The predicted octanol–water partition coefficient (Wildman–Crippen LogP) is 0.705. The van der Waals surface area contributed by atoms with Gasteiger partial charge in [-0.2, -0.15) is 4.31 Å². The minimum Gasteiger partial charge on any atom is -0.379 e. The van der Waals surface area contributed by atoms with Crippen molar-refractivity contribution in [1.29, 1.82) is 0 Å². The molecule has 1 aliphatic heterocycles. The van der Waals surface area contributed by atoms with E-state index >= 15 is 0 Å². The van der Waals surface area contributed by atoms with Gasteiger partial charge in [0, 0.05) is 25.2 Å². The van der Waals surface area contributed by atoms with Crippen molar-refractivity contribution in [2.45, 2.75) is 11.4 Å². The SMILES string of the molecule is CNCc1c(F)ccc(S(=O)(=O)N2CCOCC2)c1F. The minimum atomic E-state index is -3.97. The predicted molar refractivity (Wildman–Crippen MR) is 68.7 cm³/mol. The maximum atomic E-state index is 14.3. The van der Waals surface area contributed by atoms with Crippen molar-refractivity contribution in [2.75, 3.05) is 33.4 Å². The van der Waals surface area contributed by atoms with Crippen LogP contribution in [0.5, 0.6) is 0 Å². The number of hydrogen-bond acceptors (Lipinski definition) is 4.